The fraction of sp³-hybridized carbons (Fsp3) is 0.308. The van der Waals surface area contributed by atoms with Crippen molar-refractivity contribution in [3.8, 4) is 11.5 Å². The van der Waals surface area contributed by atoms with Crippen molar-refractivity contribution in [1.29, 1.82) is 0 Å². The number of nitrogens with one attached hydrogen (secondary N) is 2. The Morgan fingerprint density at radius 3 is 2.52 bits per heavy atom. The maximum Gasteiger partial charge on any atom is 0.257 e. The molecule has 0 bridgehead atoms. The van der Waals surface area contributed by atoms with Crippen LogP contribution < -0.4 is 14.2 Å². The fourth-order valence-corrected chi connectivity index (χ4v) is 2.77. The molecule has 8 heteroatoms. The van der Waals surface area contributed by atoms with E-state index in [0.29, 0.717) is 17.3 Å². The van der Waals surface area contributed by atoms with Gasteiger partial charge in [0.05, 0.1) is 20.4 Å². The summed E-state index contributed by atoms with van der Waals surface area (Å²) in [6.07, 6.45) is 1.28. The van der Waals surface area contributed by atoms with E-state index in [4.69, 9.17) is 9.47 Å². The monoisotopic (exact) mass is 311 g/mol. The minimum Gasteiger partial charge on any atom is -0.493 e. The van der Waals surface area contributed by atoms with Crippen LogP contribution in [0.2, 0.25) is 0 Å². The maximum absolute atomic E-state index is 12.1. The van der Waals surface area contributed by atoms with E-state index in [9.17, 15) is 8.42 Å². The average Bonchev–Trinajstić information content (AvgIpc) is 2.92. The fourth-order valence-electron chi connectivity index (χ4n) is 1.78. The van der Waals surface area contributed by atoms with Gasteiger partial charge in [-0.25, -0.2) is 18.1 Å². The van der Waals surface area contributed by atoms with Crippen molar-refractivity contribution >= 4 is 10.0 Å². The van der Waals surface area contributed by atoms with Gasteiger partial charge in [-0.05, 0) is 24.6 Å². The summed E-state index contributed by atoms with van der Waals surface area (Å²) in [5, 5.41) is 0.0421. The molecule has 0 unspecified atom stereocenters. The van der Waals surface area contributed by atoms with Gasteiger partial charge in [-0.1, -0.05) is 6.07 Å². The molecular weight excluding hydrogens is 294 g/mol. The Morgan fingerprint density at radius 2 is 1.95 bits per heavy atom. The molecule has 2 aromatic rings. The summed E-state index contributed by atoms with van der Waals surface area (Å²) in [5.41, 5.74) is 0.757. The van der Waals surface area contributed by atoms with Crippen molar-refractivity contribution in [2.75, 3.05) is 14.2 Å². The third-order valence-corrected chi connectivity index (χ3v) is 4.19. The highest BCUT2D eigenvalue weighted by Gasteiger charge is 2.16. The number of hydrogen-bond donors (Lipinski definition) is 2. The standard InChI is InChI=1S/C13H17N3O4S/c1-9-14-8-13(16-9)21(17,18)15-7-10-4-5-11(19-2)12(6-10)20-3/h4-6,8,15H,7H2,1-3H3,(H,14,16). The average molecular weight is 311 g/mol. The van der Waals surface area contributed by atoms with Gasteiger partial charge in [0.15, 0.2) is 16.5 Å². The zero-order chi connectivity index (χ0) is 15.5. The molecule has 0 saturated carbocycles. The van der Waals surface area contributed by atoms with Crippen molar-refractivity contribution in [2.24, 2.45) is 0 Å². The molecule has 0 fully saturated rings. The van der Waals surface area contributed by atoms with E-state index in [1.165, 1.54) is 13.3 Å². The molecule has 21 heavy (non-hydrogen) atoms. The molecule has 0 saturated heterocycles. The molecule has 0 radical (unpaired) electrons. The quantitative estimate of drug-likeness (QED) is 0.836. The van der Waals surface area contributed by atoms with Crippen LogP contribution in [-0.2, 0) is 16.6 Å². The van der Waals surface area contributed by atoms with E-state index >= 15 is 0 Å². The lowest BCUT2D eigenvalue weighted by Crippen LogP contribution is -2.23. The Labute approximate surface area is 123 Å². The first-order valence-electron chi connectivity index (χ1n) is 6.18. The normalized spacial score (nSPS) is 11.4. The molecule has 7 nitrogen and oxygen atoms in total. The number of H-pyrrole nitrogens is 1. The molecule has 0 amide bonds. The molecule has 1 aromatic carbocycles. The Kier molecular flexibility index (Phi) is 4.49. The minimum atomic E-state index is -3.61. The molecule has 0 atom stereocenters. The zero-order valence-electron chi connectivity index (χ0n) is 12.0. The summed E-state index contributed by atoms with van der Waals surface area (Å²) < 4.78 is 36.9. The number of nitrogens with zero attached hydrogens (tertiary/aromatic N) is 1. The van der Waals surface area contributed by atoms with E-state index in [1.807, 2.05) is 0 Å². The summed E-state index contributed by atoms with van der Waals surface area (Å²) in [4.78, 5) is 6.56. The van der Waals surface area contributed by atoms with E-state index in [-0.39, 0.29) is 11.6 Å². The van der Waals surface area contributed by atoms with E-state index < -0.39 is 10.0 Å². The van der Waals surface area contributed by atoms with Gasteiger partial charge in [0.1, 0.15) is 5.82 Å². The van der Waals surface area contributed by atoms with Crippen LogP contribution in [0, 0.1) is 6.92 Å². The molecule has 2 N–H and O–H groups in total. The van der Waals surface area contributed by atoms with Crippen molar-refractivity contribution < 1.29 is 17.9 Å². The van der Waals surface area contributed by atoms with Crippen LogP contribution >= 0.6 is 0 Å². The SMILES string of the molecule is COc1ccc(CNS(=O)(=O)c2cnc(C)[nH]2)cc1OC. The number of hydrogen-bond acceptors (Lipinski definition) is 5. The number of rotatable bonds is 6. The summed E-state index contributed by atoms with van der Waals surface area (Å²) in [6.45, 7) is 1.83. The van der Waals surface area contributed by atoms with Crippen molar-refractivity contribution in [3.63, 3.8) is 0 Å². The Bertz CT molecular complexity index is 725. The van der Waals surface area contributed by atoms with Gasteiger partial charge in [-0.2, -0.15) is 0 Å². The summed E-state index contributed by atoms with van der Waals surface area (Å²) in [6, 6.07) is 5.21. The minimum absolute atomic E-state index is 0.0421. The van der Waals surface area contributed by atoms with Crippen LogP contribution in [0.3, 0.4) is 0 Å². The highest BCUT2D eigenvalue weighted by atomic mass is 32.2. The van der Waals surface area contributed by atoms with Gasteiger partial charge < -0.3 is 14.5 Å². The van der Waals surface area contributed by atoms with Crippen LogP contribution in [0.5, 0.6) is 11.5 Å². The van der Waals surface area contributed by atoms with Crippen LogP contribution in [0.25, 0.3) is 0 Å². The van der Waals surface area contributed by atoms with Crippen molar-refractivity contribution in [2.45, 2.75) is 18.5 Å². The number of ether oxygens (including phenoxy) is 2. The van der Waals surface area contributed by atoms with Crippen molar-refractivity contribution in [3.05, 3.63) is 35.8 Å². The Balaban J connectivity index is 2.13. The van der Waals surface area contributed by atoms with Gasteiger partial charge >= 0.3 is 0 Å². The topological polar surface area (TPSA) is 93.3 Å². The second kappa shape index (κ2) is 6.15. The first-order chi connectivity index (χ1) is 9.96. The maximum atomic E-state index is 12.1. The lowest BCUT2D eigenvalue weighted by molar-refractivity contribution is 0.354. The van der Waals surface area contributed by atoms with Gasteiger partial charge in [-0.3, -0.25) is 0 Å². The number of methoxy groups -OCH3 is 2. The van der Waals surface area contributed by atoms with Gasteiger partial charge in [0.2, 0.25) is 0 Å². The Morgan fingerprint density at radius 1 is 1.24 bits per heavy atom. The summed E-state index contributed by atoms with van der Waals surface area (Å²) in [7, 11) is -0.544. The number of aryl methyl sites for hydroxylation is 1. The van der Waals surface area contributed by atoms with Crippen LogP contribution in [0.4, 0.5) is 0 Å². The van der Waals surface area contributed by atoms with E-state index in [2.05, 4.69) is 14.7 Å². The third kappa shape index (κ3) is 3.53. The second-order valence-corrected chi connectivity index (χ2v) is 6.08. The first-order valence-corrected chi connectivity index (χ1v) is 7.67. The molecule has 2 rings (SSSR count). The van der Waals surface area contributed by atoms with Gasteiger partial charge in [-0.15, -0.1) is 0 Å². The lowest BCUT2D eigenvalue weighted by Gasteiger charge is -2.10. The zero-order valence-corrected chi connectivity index (χ0v) is 12.8. The van der Waals surface area contributed by atoms with E-state index in [0.717, 1.165) is 5.56 Å². The largest absolute Gasteiger partial charge is 0.493 e. The number of benzene rings is 1. The second-order valence-electron chi connectivity index (χ2n) is 4.35. The number of imidazole rings is 1. The predicted octanol–water partition coefficient (Wildman–Crippen LogP) is 1.21. The molecule has 0 aliphatic carbocycles. The molecule has 1 aromatic heterocycles. The van der Waals surface area contributed by atoms with Crippen LogP contribution in [-0.4, -0.2) is 32.6 Å². The lowest BCUT2D eigenvalue weighted by atomic mass is 10.2. The summed E-state index contributed by atoms with van der Waals surface area (Å²) >= 11 is 0. The van der Waals surface area contributed by atoms with Gasteiger partial charge in [0.25, 0.3) is 10.0 Å². The highest BCUT2D eigenvalue weighted by molar-refractivity contribution is 7.89. The van der Waals surface area contributed by atoms with Crippen LogP contribution in [0.1, 0.15) is 11.4 Å². The highest BCUT2D eigenvalue weighted by Crippen LogP contribution is 2.27. The molecule has 0 spiro atoms. The van der Waals surface area contributed by atoms with Crippen molar-refractivity contribution in [1.82, 2.24) is 14.7 Å². The number of aromatic nitrogens is 2. The molecule has 1 heterocycles. The Hall–Kier alpha value is -2.06. The molecular formula is C13H17N3O4S. The van der Waals surface area contributed by atoms with Gasteiger partial charge in [0, 0.05) is 6.54 Å². The predicted molar refractivity (Wildman–Crippen MR) is 76.9 cm³/mol. The molecule has 114 valence electrons. The van der Waals surface area contributed by atoms with Crippen LogP contribution in [0.15, 0.2) is 29.4 Å². The molecule has 0 aliphatic heterocycles. The summed E-state index contributed by atoms with van der Waals surface area (Å²) in [5.74, 6) is 1.68. The first kappa shape index (κ1) is 15.3. The smallest absolute Gasteiger partial charge is 0.257 e. The third-order valence-electron chi connectivity index (χ3n) is 2.88. The molecule has 0 aliphatic rings. The number of aromatic amines is 1. The number of sulfonamides is 1. The van der Waals surface area contributed by atoms with E-state index in [1.54, 1.807) is 32.2 Å².